The van der Waals surface area contributed by atoms with E-state index in [1.807, 2.05) is 25.3 Å². The van der Waals surface area contributed by atoms with Crippen LogP contribution in [0.2, 0.25) is 0 Å². The van der Waals surface area contributed by atoms with E-state index in [2.05, 4.69) is 66.6 Å². The van der Waals surface area contributed by atoms with Gasteiger partial charge in [0.2, 0.25) is 0 Å². The molecule has 4 heteroatoms. The number of rotatable bonds is 7. The first kappa shape index (κ1) is 18.8. The molecular weight excluding hydrogens is 413 g/mol. The molecule has 0 fully saturated rings. The van der Waals surface area contributed by atoms with Gasteiger partial charge in [-0.15, -0.1) is 0 Å². The molecule has 0 unspecified atom stereocenters. The van der Waals surface area contributed by atoms with Crippen molar-refractivity contribution in [1.29, 1.82) is 0 Å². The van der Waals surface area contributed by atoms with Crippen LogP contribution in [0.15, 0.2) is 35.3 Å². The summed E-state index contributed by atoms with van der Waals surface area (Å²) in [6.45, 7) is 9.57. The van der Waals surface area contributed by atoms with Crippen LogP contribution in [-0.2, 0) is 0 Å². The van der Waals surface area contributed by atoms with Crippen LogP contribution in [0.5, 0.6) is 11.5 Å². The van der Waals surface area contributed by atoms with Crippen molar-refractivity contribution in [2.45, 2.75) is 34.1 Å². The normalized spacial score (nSPS) is 11.0. The number of aliphatic imine (C=N–C) groups is 1. The number of hydrogen-bond acceptors (Lipinski definition) is 3. The summed E-state index contributed by atoms with van der Waals surface area (Å²) < 4.78 is 12.6. The van der Waals surface area contributed by atoms with E-state index in [0.717, 1.165) is 32.7 Å². The van der Waals surface area contributed by atoms with Gasteiger partial charge in [0.25, 0.3) is 0 Å². The molecule has 0 aliphatic rings. The maximum absolute atomic E-state index is 5.84. The standard InChI is InChI=1S/C20H24INO2/c1-5-9-24-20-18(21)11-16(12-19(20)23-6-2)13-22-17-8-7-14(3)15(4)10-17/h7-8,10-13H,5-6,9H2,1-4H3. The molecule has 24 heavy (non-hydrogen) atoms. The van der Waals surface area contributed by atoms with Gasteiger partial charge in [-0.2, -0.15) is 0 Å². The van der Waals surface area contributed by atoms with Gasteiger partial charge in [-0.05, 0) is 90.7 Å². The number of nitrogens with zero attached hydrogens (tertiary/aromatic N) is 1. The molecule has 0 heterocycles. The van der Waals surface area contributed by atoms with Crippen molar-refractivity contribution in [1.82, 2.24) is 0 Å². The summed E-state index contributed by atoms with van der Waals surface area (Å²) in [5.74, 6) is 1.60. The van der Waals surface area contributed by atoms with Gasteiger partial charge in [-0.25, -0.2) is 0 Å². The maximum Gasteiger partial charge on any atom is 0.174 e. The Morgan fingerprint density at radius 3 is 2.50 bits per heavy atom. The van der Waals surface area contributed by atoms with Crippen LogP contribution >= 0.6 is 22.6 Å². The van der Waals surface area contributed by atoms with Gasteiger partial charge in [0.15, 0.2) is 11.5 Å². The summed E-state index contributed by atoms with van der Waals surface area (Å²) in [7, 11) is 0. The second-order valence-electron chi connectivity index (χ2n) is 5.64. The quantitative estimate of drug-likeness (QED) is 0.402. The highest BCUT2D eigenvalue weighted by Gasteiger charge is 2.11. The fraction of sp³-hybridized carbons (Fsp3) is 0.350. The molecule has 0 N–H and O–H groups in total. The molecule has 0 spiro atoms. The first-order valence-corrected chi connectivity index (χ1v) is 9.33. The molecule has 0 aliphatic carbocycles. The summed E-state index contributed by atoms with van der Waals surface area (Å²) in [4.78, 5) is 4.59. The molecular formula is C20H24INO2. The van der Waals surface area contributed by atoms with Crippen LogP contribution in [0, 0.1) is 17.4 Å². The molecule has 0 radical (unpaired) electrons. The average molecular weight is 437 g/mol. The first-order chi connectivity index (χ1) is 11.5. The van der Waals surface area contributed by atoms with E-state index in [0.29, 0.717) is 13.2 Å². The molecule has 0 amide bonds. The van der Waals surface area contributed by atoms with Gasteiger partial charge >= 0.3 is 0 Å². The second-order valence-corrected chi connectivity index (χ2v) is 6.80. The Labute approximate surface area is 158 Å². The van der Waals surface area contributed by atoms with E-state index in [-0.39, 0.29) is 0 Å². The lowest BCUT2D eigenvalue weighted by Crippen LogP contribution is -2.02. The van der Waals surface area contributed by atoms with Crippen LogP contribution in [0.4, 0.5) is 5.69 Å². The van der Waals surface area contributed by atoms with E-state index < -0.39 is 0 Å². The van der Waals surface area contributed by atoms with Gasteiger partial charge in [0, 0.05) is 6.21 Å². The van der Waals surface area contributed by atoms with Crippen molar-refractivity contribution in [2.75, 3.05) is 13.2 Å². The van der Waals surface area contributed by atoms with Gasteiger partial charge in [-0.1, -0.05) is 13.0 Å². The molecule has 0 aromatic heterocycles. The SMILES string of the molecule is CCCOc1c(I)cc(C=Nc2ccc(C)c(C)c2)cc1OCC. The van der Waals surface area contributed by atoms with Crippen molar-refractivity contribution < 1.29 is 9.47 Å². The highest BCUT2D eigenvalue weighted by atomic mass is 127. The Morgan fingerprint density at radius 2 is 1.83 bits per heavy atom. The predicted molar refractivity (Wildman–Crippen MR) is 109 cm³/mol. The lowest BCUT2D eigenvalue weighted by molar-refractivity contribution is 0.275. The lowest BCUT2D eigenvalue weighted by Gasteiger charge is -2.14. The van der Waals surface area contributed by atoms with Gasteiger partial charge < -0.3 is 9.47 Å². The monoisotopic (exact) mass is 437 g/mol. The Balaban J connectivity index is 2.29. The Bertz CT molecular complexity index is 726. The Hall–Kier alpha value is -1.56. The molecule has 2 aromatic rings. The number of halogens is 1. The van der Waals surface area contributed by atoms with E-state index >= 15 is 0 Å². The van der Waals surface area contributed by atoms with Crippen LogP contribution in [-0.4, -0.2) is 19.4 Å². The summed E-state index contributed by atoms with van der Waals surface area (Å²) in [5, 5.41) is 0. The molecule has 3 nitrogen and oxygen atoms in total. The van der Waals surface area contributed by atoms with Crippen LogP contribution in [0.1, 0.15) is 37.0 Å². The first-order valence-electron chi connectivity index (χ1n) is 8.25. The molecule has 0 aliphatic heterocycles. The average Bonchev–Trinajstić information content (AvgIpc) is 2.55. The maximum atomic E-state index is 5.84. The zero-order valence-electron chi connectivity index (χ0n) is 14.7. The third kappa shape index (κ3) is 4.97. The highest BCUT2D eigenvalue weighted by molar-refractivity contribution is 14.1. The Kier molecular flexibility index (Phi) is 7.09. The van der Waals surface area contributed by atoms with Crippen molar-refractivity contribution in [3.05, 3.63) is 50.6 Å². The van der Waals surface area contributed by atoms with Crippen molar-refractivity contribution in [2.24, 2.45) is 4.99 Å². The predicted octanol–water partition coefficient (Wildman–Crippen LogP) is 5.85. The molecule has 0 saturated carbocycles. The third-order valence-corrected chi connectivity index (χ3v) is 4.44. The molecule has 0 saturated heterocycles. The zero-order chi connectivity index (χ0) is 17.5. The Morgan fingerprint density at radius 1 is 1.04 bits per heavy atom. The number of ether oxygens (including phenoxy) is 2. The van der Waals surface area contributed by atoms with Crippen LogP contribution < -0.4 is 9.47 Å². The smallest absolute Gasteiger partial charge is 0.174 e. The van der Waals surface area contributed by atoms with E-state index in [4.69, 9.17) is 9.47 Å². The molecule has 128 valence electrons. The fourth-order valence-corrected chi connectivity index (χ4v) is 3.01. The summed E-state index contributed by atoms with van der Waals surface area (Å²) >= 11 is 2.29. The summed E-state index contributed by atoms with van der Waals surface area (Å²) in [5.41, 5.74) is 4.49. The highest BCUT2D eigenvalue weighted by Crippen LogP contribution is 2.34. The topological polar surface area (TPSA) is 30.8 Å². The van der Waals surface area contributed by atoms with Gasteiger partial charge in [0.1, 0.15) is 0 Å². The van der Waals surface area contributed by atoms with Crippen molar-refractivity contribution >= 4 is 34.5 Å². The number of hydrogen-bond donors (Lipinski definition) is 0. The lowest BCUT2D eigenvalue weighted by atomic mass is 10.1. The molecule has 2 aromatic carbocycles. The van der Waals surface area contributed by atoms with Crippen molar-refractivity contribution in [3.8, 4) is 11.5 Å². The second kappa shape index (κ2) is 9.06. The molecule has 0 atom stereocenters. The van der Waals surface area contributed by atoms with E-state index in [1.165, 1.54) is 11.1 Å². The fourth-order valence-electron chi connectivity index (χ4n) is 2.22. The van der Waals surface area contributed by atoms with Gasteiger partial charge in [-0.3, -0.25) is 4.99 Å². The number of benzene rings is 2. The number of aryl methyl sites for hydroxylation is 2. The van der Waals surface area contributed by atoms with Crippen LogP contribution in [0.25, 0.3) is 0 Å². The largest absolute Gasteiger partial charge is 0.490 e. The van der Waals surface area contributed by atoms with Crippen LogP contribution in [0.3, 0.4) is 0 Å². The minimum absolute atomic E-state index is 0.607. The molecule has 0 bridgehead atoms. The van der Waals surface area contributed by atoms with E-state index in [1.54, 1.807) is 0 Å². The van der Waals surface area contributed by atoms with E-state index in [9.17, 15) is 0 Å². The van der Waals surface area contributed by atoms with Crippen molar-refractivity contribution in [3.63, 3.8) is 0 Å². The third-order valence-electron chi connectivity index (χ3n) is 3.64. The zero-order valence-corrected chi connectivity index (χ0v) is 16.9. The minimum atomic E-state index is 0.607. The minimum Gasteiger partial charge on any atom is -0.490 e. The summed E-state index contributed by atoms with van der Waals surface area (Å²) in [6.07, 6.45) is 2.84. The molecule has 2 rings (SSSR count). The van der Waals surface area contributed by atoms with Gasteiger partial charge in [0.05, 0.1) is 22.5 Å². The summed E-state index contributed by atoms with van der Waals surface area (Å²) in [6, 6.07) is 10.3.